The Morgan fingerprint density at radius 2 is 1.97 bits per heavy atom. The van der Waals surface area contributed by atoms with Gasteiger partial charge >= 0.3 is 5.97 Å². The van der Waals surface area contributed by atoms with E-state index in [4.69, 9.17) is 9.47 Å². The predicted octanol–water partition coefficient (Wildman–Crippen LogP) is 4.40. The van der Waals surface area contributed by atoms with E-state index in [0.717, 1.165) is 11.1 Å². The Morgan fingerprint density at radius 3 is 2.58 bits per heavy atom. The first-order chi connectivity index (χ1) is 17.2. The molecule has 0 amide bonds. The lowest BCUT2D eigenvalue weighted by Crippen LogP contribution is -2.39. The number of hydrogen-bond acceptors (Lipinski definition) is 7. The number of halogens is 1. The van der Waals surface area contributed by atoms with Gasteiger partial charge in [-0.15, -0.1) is 0 Å². The molecule has 3 aromatic rings. The summed E-state index contributed by atoms with van der Waals surface area (Å²) >= 11 is 4.61. The van der Waals surface area contributed by atoms with Crippen LogP contribution in [0.3, 0.4) is 0 Å². The van der Waals surface area contributed by atoms with Gasteiger partial charge in [-0.3, -0.25) is 9.36 Å². The molecule has 1 aliphatic rings. The number of fused-ring (bicyclic) bond motifs is 1. The van der Waals surface area contributed by atoms with Crippen LogP contribution in [0.1, 0.15) is 56.3 Å². The molecule has 0 fully saturated rings. The number of rotatable bonds is 6. The number of carbonyl (C=O) groups is 1. The zero-order valence-corrected chi connectivity index (χ0v) is 23.1. The second-order valence-electron chi connectivity index (χ2n) is 8.67. The molecule has 0 aliphatic carbocycles. The van der Waals surface area contributed by atoms with Gasteiger partial charge in [0.1, 0.15) is 0 Å². The molecule has 1 aromatic heterocycles. The smallest absolute Gasteiger partial charge is 0.338 e. The summed E-state index contributed by atoms with van der Waals surface area (Å²) in [5, 5.41) is 10.6. The van der Waals surface area contributed by atoms with Gasteiger partial charge in [-0.05, 0) is 49.1 Å². The maximum Gasteiger partial charge on any atom is 0.338 e. The van der Waals surface area contributed by atoms with Crippen molar-refractivity contribution in [3.8, 4) is 11.5 Å². The summed E-state index contributed by atoms with van der Waals surface area (Å²) in [7, 11) is 1.46. The highest BCUT2D eigenvalue weighted by Gasteiger charge is 2.33. The zero-order chi connectivity index (χ0) is 26.1. The van der Waals surface area contributed by atoms with E-state index in [9.17, 15) is 14.7 Å². The summed E-state index contributed by atoms with van der Waals surface area (Å²) in [5.74, 6) is 0.0563. The van der Waals surface area contributed by atoms with Crippen molar-refractivity contribution in [2.75, 3.05) is 13.7 Å². The fourth-order valence-corrected chi connectivity index (χ4v) is 5.66. The van der Waals surface area contributed by atoms with Gasteiger partial charge in [-0.2, -0.15) is 0 Å². The van der Waals surface area contributed by atoms with E-state index in [0.29, 0.717) is 36.6 Å². The fraction of sp³-hybridized carbons (Fsp3) is 0.296. The third-order valence-electron chi connectivity index (χ3n) is 6.01. The van der Waals surface area contributed by atoms with Gasteiger partial charge in [0.05, 0.1) is 35.6 Å². The molecular weight excluding hydrogens is 544 g/mol. The molecule has 2 heterocycles. The van der Waals surface area contributed by atoms with Crippen molar-refractivity contribution in [1.29, 1.82) is 0 Å². The van der Waals surface area contributed by atoms with Crippen molar-refractivity contribution in [3.63, 3.8) is 0 Å². The number of hydrogen-bond donors (Lipinski definition) is 1. The minimum atomic E-state index is -0.686. The highest BCUT2D eigenvalue weighted by Crippen LogP contribution is 2.34. The van der Waals surface area contributed by atoms with E-state index in [1.165, 1.54) is 23.0 Å². The average Bonchev–Trinajstić information content (AvgIpc) is 3.14. The lowest BCUT2D eigenvalue weighted by atomic mass is 9.93. The zero-order valence-electron chi connectivity index (χ0n) is 20.7. The topological polar surface area (TPSA) is 90.1 Å². The average molecular weight is 571 g/mol. The number of thiazole rings is 1. The predicted molar refractivity (Wildman–Crippen MR) is 143 cm³/mol. The van der Waals surface area contributed by atoms with Crippen LogP contribution in [0.25, 0.3) is 6.08 Å². The molecule has 1 N–H and O–H groups in total. The fourth-order valence-electron chi connectivity index (χ4n) is 4.17. The van der Waals surface area contributed by atoms with E-state index in [1.54, 1.807) is 32.1 Å². The monoisotopic (exact) mass is 570 g/mol. The summed E-state index contributed by atoms with van der Waals surface area (Å²) in [6, 6.07) is 10.6. The van der Waals surface area contributed by atoms with E-state index in [1.807, 2.05) is 24.3 Å². The summed E-state index contributed by atoms with van der Waals surface area (Å²) in [5.41, 5.74) is 2.89. The number of esters is 1. The number of phenols is 1. The summed E-state index contributed by atoms with van der Waals surface area (Å²) in [6.45, 7) is 7.93. The summed E-state index contributed by atoms with van der Waals surface area (Å²) in [4.78, 5) is 31.8. The van der Waals surface area contributed by atoms with Crippen LogP contribution in [0.2, 0.25) is 0 Å². The van der Waals surface area contributed by atoms with Crippen LogP contribution in [0.4, 0.5) is 0 Å². The highest BCUT2D eigenvalue weighted by molar-refractivity contribution is 9.10. The van der Waals surface area contributed by atoms with E-state index < -0.39 is 12.0 Å². The minimum absolute atomic E-state index is 0.0734. The van der Waals surface area contributed by atoms with Crippen molar-refractivity contribution < 1.29 is 19.4 Å². The van der Waals surface area contributed by atoms with Crippen LogP contribution < -0.4 is 19.6 Å². The van der Waals surface area contributed by atoms with E-state index in [-0.39, 0.29) is 23.7 Å². The molecule has 1 unspecified atom stereocenters. The quantitative estimate of drug-likeness (QED) is 0.444. The maximum atomic E-state index is 13.7. The van der Waals surface area contributed by atoms with Gasteiger partial charge in [0, 0.05) is 10.0 Å². The molecule has 0 bridgehead atoms. The largest absolute Gasteiger partial charge is 0.504 e. The number of aromatic nitrogens is 1. The summed E-state index contributed by atoms with van der Waals surface area (Å²) < 4.78 is 13.2. The van der Waals surface area contributed by atoms with E-state index >= 15 is 0 Å². The van der Waals surface area contributed by atoms with Gasteiger partial charge in [-0.25, -0.2) is 9.79 Å². The van der Waals surface area contributed by atoms with Gasteiger partial charge in [0.2, 0.25) is 0 Å². The summed E-state index contributed by atoms with van der Waals surface area (Å²) in [6.07, 6.45) is 1.61. The molecule has 4 rings (SSSR count). The van der Waals surface area contributed by atoms with Gasteiger partial charge in [0.25, 0.3) is 5.56 Å². The Balaban J connectivity index is 1.96. The second-order valence-corrected chi connectivity index (χ2v) is 10.6. The third kappa shape index (κ3) is 4.77. The molecule has 2 aromatic carbocycles. The van der Waals surface area contributed by atoms with Crippen LogP contribution in [0.5, 0.6) is 11.5 Å². The lowest BCUT2D eigenvalue weighted by molar-refractivity contribution is -0.139. The molecule has 0 saturated carbocycles. The molecule has 1 aliphatic heterocycles. The number of ether oxygens (including phenoxy) is 2. The number of methoxy groups -OCH3 is 1. The van der Waals surface area contributed by atoms with Crippen LogP contribution in [-0.2, 0) is 9.53 Å². The first kappa shape index (κ1) is 25.9. The van der Waals surface area contributed by atoms with Crippen LogP contribution >= 0.6 is 27.3 Å². The number of carbonyl (C=O) groups excluding carboxylic acids is 1. The van der Waals surface area contributed by atoms with Gasteiger partial charge < -0.3 is 14.6 Å². The SMILES string of the molecule is CCOC(=O)C1=C(C)N=c2s/c(=C\c3cc(Br)cc(OC)c3O)c(=O)n2C1c1ccc(C(C)C)cc1. The van der Waals surface area contributed by atoms with Crippen molar-refractivity contribution >= 4 is 39.3 Å². The van der Waals surface area contributed by atoms with Gasteiger partial charge in [0.15, 0.2) is 16.3 Å². The first-order valence-corrected chi connectivity index (χ1v) is 13.1. The molecular formula is C27H27BrN2O5S. The van der Waals surface area contributed by atoms with Crippen molar-refractivity contribution in [2.24, 2.45) is 4.99 Å². The molecule has 36 heavy (non-hydrogen) atoms. The number of benzene rings is 2. The second kappa shape index (κ2) is 10.4. The molecule has 188 valence electrons. The lowest BCUT2D eigenvalue weighted by Gasteiger charge is -2.25. The number of phenolic OH excluding ortho intramolecular Hbond substituents is 1. The molecule has 9 heteroatoms. The standard InChI is InChI=1S/C27H27BrN2O5S/c1-6-35-26(33)22-15(4)29-27-30(23(22)17-9-7-16(8-10-17)14(2)3)25(32)21(36-27)12-18-11-19(28)13-20(34-5)24(18)31/h7-14,23,31H,6H2,1-5H3/b21-12-. The molecule has 0 radical (unpaired) electrons. The van der Waals surface area contributed by atoms with Crippen molar-refractivity contribution in [2.45, 2.75) is 39.7 Å². The van der Waals surface area contributed by atoms with Crippen molar-refractivity contribution in [1.82, 2.24) is 4.57 Å². The number of allylic oxidation sites excluding steroid dienone is 1. The van der Waals surface area contributed by atoms with E-state index in [2.05, 4.69) is 34.8 Å². The Hall–Kier alpha value is -3.17. The Kier molecular flexibility index (Phi) is 7.51. The molecule has 0 spiro atoms. The van der Waals surface area contributed by atoms with Crippen LogP contribution in [0.15, 0.2) is 61.9 Å². The van der Waals surface area contributed by atoms with Crippen LogP contribution in [-0.4, -0.2) is 29.4 Å². The normalized spacial score (nSPS) is 15.6. The highest BCUT2D eigenvalue weighted by atomic mass is 79.9. The van der Waals surface area contributed by atoms with Crippen molar-refractivity contribution in [3.05, 3.63) is 88.5 Å². The Morgan fingerprint density at radius 1 is 1.28 bits per heavy atom. The molecule has 0 saturated heterocycles. The Bertz CT molecular complexity index is 1530. The third-order valence-corrected chi connectivity index (χ3v) is 7.45. The maximum absolute atomic E-state index is 13.7. The molecule has 1 atom stereocenters. The molecule has 7 nitrogen and oxygen atoms in total. The minimum Gasteiger partial charge on any atom is -0.504 e. The number of nitrogens with zero attached hydrogens (tertiary/aromatic N) is 2. The Labute approximate surface area is 221 Å². The number of aromatic hydroxyl groups is 1. The first-order valence-electron chi connectivity index (χ1n) is 11.5. The van der Waals surface area contributed by atoms with Gasteiger partial charge in [-0.1, -0.05) is 65.4 Å². The van der Waals surface area contributed by atoms with Crippen LogP contribution in [0, 0.1) is 0 Å².